The zero-order valence-electron chi connectivity index (χ0n) is 47.2. The minimum Gasteiger partial charge on any atom is -0.756 e. The number of phosphoric ester groups is 1. The SMILES string of the molecule is CC/C=C\C/C=C\C/C=C\C/C=C\C/C=C\C/C=C\CCCCCCCCCCCCCCCCCCCCC(=O)NC(COP(=O)([O-])OCC[N+](C)(C)C)C(O)CCCCCCCCCCCCCC. The summed E-state index contributed by atoms with van der Waals surface area (Å²) in [5, 5.41) is 14.0. The smallest absolute Gasteiger partial charge is 0.268 e. The van der Waals surface area contributed by atoms with E-state index in [0.717, 1.165) is 77.0 Å². The normalized spacial score (nSPS) is 14.4. The van der Waals surface area contributed by atoms with Crippen LogP contribution in [0.4, 0.5) is 0 Å². The Morgan fingerprint density at radius 3 is 1.25 bits per heavy atom. The molecule has 9 heteroatoms. The highest BCUT2D eigenvalue weighted by molar-refractivity contribution is 7.45. The number of rotatable bonds is 54. The average Bonchev–Trinajstić information content (AvgIpc) is 3.33. The van der Waals surface area contributed by atoms with Crippen molar-refractivity contribution >= 4 is 13.7 Å². The predicted molar refractivity (Wildman–Crippen MR) is 307 cm³/mol. The summed E-state index contributed by atoms with van der Waals surface area (Å²) in [5.74, 6) is -0.164. The van der Waals surface area contributed by atoms with Crippen molar-refractivity contribution in [3.63, 3.8) is 0 Å². The molecule has 0 spiro atoms. The Hall–Kier alpha value is -2.06. The van der Waals surface area contributed by atoms with E-state index in [1.54, 1.807) is 0 Å². The Morgan fingerprint density at radius 1 is 0.507 bits per heavy atom. The van der Waals surface area contributed by atoms with Crippen molar-refractivity contribution in [3.05, 3.63) is 72.9 Å². The molecule has 0 aliphatic rings. The van der Waals surface area contributed by atoms with E-state index in [9.17, 15) is 19.4 Å². The fourth-order valence-corrected chi connectivity index (χ4v) is 9.30. The van der Waals surface area contributed by atoms with Crippen molar-refractivity contribution in [3.8, 4) is 0 Å². The Balaban J connectivity index is 3.94. The molecule has 1 amide bonds. The fourth-order valence-electron chi connectivity index (χ4n) is 8.57. The Morgan fingerprint density at radius 2 is 0.859 bits per heavy atom. The zero-order chi connectivity index (χ0) is 52.0. The van der Waals surface area contributed by atoms with Gasteiger partial charge in [0.1, 0.15) is 13.2 Å². The van der Waals surface area contributed by atoms with Gasteiger partial charge >= 0.3 is 0 Å². The highest BCUT2D eigenvalue weighted by Crippen LogP contribution is 2.38. The van der Waals surface area contributed by atoms with Gasteiger partial charge in [-0.15, -0.1) is 0 Å². The minimum atomic E-state index is -4.57. The standard InChI is InChI=1S/C62H115N2O6P/c1-6-8-10-12-14-16-18-20-21-22-23-24-25-26-27-28-29-30-31-32-33-34-35-36-37-38-39-40-41-42-43-44-46-48-50-52-54-56-62(66)63-60(59-70-71(67,68)69-58-57-64(3,4)5)61(65)55-53-51-49-47-45-19-17-15-13-11-9-7-2/h8,10,14,16,20-21,23-24,26-27,29-30,60-61,65H,6-7,9,11-13,15,17-19,22,25,28,31-59H2,1-5H3,(H-,63,66,67,68)/b10-8-,16-14-,21-20-,24-23-,27-26-,30-29-. The number of amides is 1. The first-order chi connectivity index (χ1) is 34.5. The quantitative estimate of drug-likeness (QED) is 0.0272. The summed E-state index contributed by atoms with van der Waals surface area (Å²) in [7, 11) is 1.31. The molecule has 3 atom stereocenters. The molecule has 2 N–H and O–H groups in total. The maximum absolute atomic E-state index is 13.0. The predicted octanol–water partition coefficient (Wildman–Crippen LogP) is 17.6. The summed E-state index contributed by atoms with van der Waals surface area (Å²) in [6.07, 6.45) is 72.4. The molecule has 71 heavy (non-hydrogen) atoms. The number of nitrogens with one attached hydrogen (secondary N) is 1. The topological polar surface area (TPSA) is 108 Å². The van der Waals surface area contributed by atoms with Crippen molar-refractivity contribution < 1.29 is 32.9 Å². The third-order valence-electron chi connectivity index (χ3n) is 13.2. The molecule has 3 unspecified atom stereocenters. The lowest BCUT2D eigenvalue weighted by Crippen LogP contribution is -2.46. The molecule has 0 radical (unpaired) electrons. The van der Waals surface area contributed by atoms with Gasteiger partial charge in [0.15, 0.2) is 0 Å². The van der Waals surface area contributed by atoms with Crippen LogP contribution in [0.1, 0.15) is 264 Å². The molecular formula is C62H115N2O6P. The molecule has 0 heterocycles. The number of likely N-dealkylation sites (N-methyl/N-ethyl adjacent to an activating group) is 1. The summed E-state index contributed by atoms with van der Waals surface area (Å²) in [6.45, 7) is 4.61. The molecule has 0 aromatic carbocycles. The van der Waals surface area contributed by atoms with Crippen molar-refractivity contribution in [2.45, 2.75) is 276 Å². The molecule has 0 fully saturated rings. The van der Waals surface area contributed by atoms with Gasteiger partial charge in [0.2, 0.25) is 5.91 Å². The van der Waals surface area contributed by atoms with Crippen LogP contribution >= 0.6 is 7.82 Å². The van der Waals surface area contributed by atoms with Crippen LogP contribution in [0.3, 0.4) is 0 Å². The van der Waals surface area contributed by atoms with E-state index in [4.69, 9.17) is 9.05 Å². The number of aliphatic hydroxyl groups excluding tert-OH is 1. The second-order valence-corrected chi connectivity index (χ2v) is 22.7. The van der Waals surface area contributed by atoms with Gasteiger partial charge in [-0.3, -0.25) is 9.36 Å². The van der Waals surface area contributed by atoms with E-state index < -0.39 is 20.0 Å². The number of allylic oxidation sites excluding steroid dienone is 12. The van der Waals surface area contributed by atoms with Gasteiger partial charge in [-0.2, -0.15) is 0 Å². The van der Waals surface area contributed by atoms with Crippen LogP contribution in [0.15, 0.2) is 72.9 Å². The van der Waals surface area contributed by atoms with Crippen LogP contribution in [-0.4, -0.2) is 68.5 Å². The van der Waals surface area contributed by atoms with E-state index in [1.165, 1.54) is 161 Å². The van der Waals surface area contributed by atoms with Gasteiger partial charge in [0.25, 0.3) is 7.82 Å². The summed E-state index contributed by atoms with van der Waals surface area (Å²) in [4.78, 5) is 25.5. The second kappa shape index (κ2) is 52.8. The number of carbonyl (C=O) groups excluding carboxylic acids is 1. The van der Waals surface area contributed by atoms with Crippen molar-refractivity contribution in [1.29, 1.82) is 0 Å². The van der Waals surface area contributed by atoms with E-state index in [1.807, 2.05) is 21.1 Å². The number of aliphatic hydroxyl groups is 1. The van der Waals surface area contributed by atoms with Crippen molar-refractivity contribution in [2.24, 2.45) is 0 Å². The van der Waals surface area contributed by atoms with Crippen molar-refractivity contribution in [2.75, 3.05) is 40.9 Å². The van der Waals surface area contributed by atoms with Gasteiger partial charge in [0, 0.05) is 6.42 Å². The largest absolute Gasteiger partial charge is 0.756 e. The number of hydrogen-bond acceptors (Lipinski definition) is 6. The summed E-state index contributed by atoms with van der Waals surface area (Å²) < 4.78 is 23.4. The lowest BCUT2D eigenvalue weighted by atomic mass is 10.0. The van der Waals surface area contributed by atoms with E-state index in [0.29, 0.717) is 23.9 Å². The molecule has 0 saturated carbocycles. The van der Waals surface area contributed by atoms with Gasteiger partial charge in [-0.1, -0.05) is 267 Å². The third kappa shape index (κ3) is 55.5. The second-order valence-electron chi connectivity index (χ2n) is 21.3. The van der Waals surface area contributed by atoms with Gasteiger partial charge in [0.05, 0.1) is 39.9 Å². The summed E-state index contributed by atoms with van der Waals surface area (Å²) in [5.41, 5.74) is 0. The first-order valence-electron chi connectivity index (χ1n) is 29.8. The molecule has 0 bridgehead atoms. The average molecular weight is 1020 g/mol. The molecule has 0 aliphatic heterocycles. The number of unbranched alkanes of at least 4 members (excludes halogenated alkanes) is 29. The van der Waals surface area contributed by atoms with Crippen LogP contribution < -0.4 is 10.2 Å². The lowest BCUT2D eigenvalue weighted by Gasteiger charge is -2.30. The molecule has 0 aromatic heterocycles. The number of phosphoric acid groups is 1. The van der Waals surface area contributed by atoms with Crippen LogP contribution in [0.25, 0.3) is 0 Å². The first-order valence-corrected chi connectivity index (χ1v) is 31.2. The number of nitrogens with zero attached hydrogens (tertiary/aromatic N) is 1. The number of quaternary nitrogens is 1. The Bertz CT molecular complexity index is 1380. The maximum atomic E-state index is 13.0. The molecular weight excluding hydrogens is 900 g/mol. The van der Waals surface area contributed by atoms with Crippen molar-refractivity contribution in [1.82, 2.24) is 5.32 Å². The summed E-state index contributed by atoms with van der Waals surface area (Å²) >= 11 is 0. The van der Waals surface area contributed by atoms with E-state index in [-0.39, 0.29) is 19.1 Å². The van der Waals surface area contributed by atoms with Gasteiger partial charge in [-0.05, 0) is 64.2 Å². The molecule has 0 rings (SSSR count). The summed E-state index contributed by atoms with van der Waals surface area (Å²) in [6, 6.07) is -0.800. The Labute approximate surface area is 440 Å². The van der Waals surface area contributed by atoms with Crippen LogP contribution in [0, 0.1) is 0 Å². The monoisotopic (exact) mass is 1010 g/mol. The van der Waals surface area contributed by atoms with Gasteiger partial charge in [-0.25, -0.2) is 0 Å². The maximum Gasteiger partial charge on any atom is 0.268 e. The highest BCUT2D eigenvalue weighted by Gasteiger charge is 2.24. The Kier molecular flexibility index (Phi) is 51.3. The van der Waals surface area contributed by atoms with Crippen LogP contribution in [0.2, 0.25) is 0 Å². The number of hydrogen-bond donors (Lipinski definition) is 2. The van der Waals surface area contributed by atoms with Crippen LogP contribution in [0.5, 0.6) is 0 Å². The van der Waals surface area contributed by atoms with E-state index in [2.05, 4.69) is 92.1 Å². The molecule has 0 aliphatic carbocycles. The fraction of sp³-hybridized carbons (Fsp3) is 0.790. The minimum absolute atomic E-state index is 0.0117. The molecule has 8 nitrogen and oxygen atoms in total. The third-order valence-corrected chi connectivity index (χ3v) is 14.2. The van der Waals surface area contributed by atoms with Crippen LogP contribution in [-0.2, 0) is 18.4 Å². The zero-order valence-corrected chi connectivity index (χ0v) is 48.1. The molecule has 414 valence electrons. The highest BCUT2D eigenvalue weighted by atomic mass is 31.2. The lowest BCUT2D eigenvalue weighted by molar-refractivity contribution is -0.870. The first kappa shape index (κ1) is 68.9. The van der Waals surface area contributed by atoms with E-state index >= 15 is 0 Å². The molecule has 0 aromatic rings. The van der Waals surface area contributed by atoms with Gasteiger partial charge < -0.3 is 28.8 Å². The molecule has 0 saturated heterocycles. The number of carbonyl (C=O) groups is 1.